The number of aromatic nitrogens is 2. The SMILES string of the molecule is COC1(c2noc(CC(C)CC(=O)O)n2)CCCCCC1. The Bertz CT molecular complexity index is 464. The average Bonchev–Trinajstić information content (AvgIpc) is 2.75. The Kier molecular flexibility index (Phi) is 5.33. The third kappa shape index (κ3) is 4.03. The van der Waals surface area contributed by atoms with Crippen molar-refractivity contribution in [2.75, 3.05) is 7.11 Å². The second kappa shape index (κ2) is 7.02. The van der Waals surface area contributed by atoms with E-state index in [9.17, 15) is 4.79 Å². The van der Waals surface area contributed by atoms with Crippen LogP contribution in [0.25, 0.3) is 0 Å². The predicted octanol–water partition coefficient (Wildman–Crippen LogP) is 2.92. The van der Waals surface area contributed by atoms with Gasteiger partial charge in [0.1, 0.15) is 5.60 Å². The molecule has 1 aliphatic rings. The summed E-state index contributed by atoms with van der Waals surface area (Å²) in [4.78, 5) is 15.2. The molecule has 1 fully saturated rings. The molecular formula is C15H24N2O4. The molecule has 0 spiro atoms. The molecule has 0 amide bonds. The normalized spacial score (nSPS) is 19.9. The van der Waals surface area contributed by atoms with Gasteiger partial charge < -0.3 is 14.4 Å². The fraction of sp³-hybridized carbons (Fsp3) is 0.800. The van der Waals surface area contributed by atoms with Crippen molar-refractivity contribution in [3.8, 4) is 0 Å². The fourth-order valence-corrected chi connectivity index (χ4v) is 3.01. The van der Waals surface area contributed by atoms with Crippen molar-refractivity contribution >= 4 is 5.97 Å². The summed E-state index contributed by atoms with van der Waals surface area (Å²) < 4.78 is 11.1. The van der Waals surface area contributed by atoms with Crippen molar-refractivity contribution in [3.63, 3.8) is 0 Å². The Balaban J connectivity index is 2.08. The van der Waals surface area contributed by atoms with Crippen molar-refractivity contribution in [2.24, 2.45) is 5.92 Å². The number of hydrogen-bond donors (Lipinski definition) is 1. The Morgan fingerprint density at radius 3 is 2.62 bits per heavy atom. The van der Waals surface area contributed by atoms with Crippen molar-refractivity contribution in [3.05, 3.63) is 11.7 Å². The van der Waals surface area contributed by atoms with Gasteiger partial charge in [0.15, 0.2) is 0 Å². The molecule has 1 aliphatic carbocycles. The number of nitrogens with zero attached hydrogens (tertiary/aromatic N) is 2. The first-order valence-corrected chi connectivity index (χ1v) is 7.66. The highest BCUT2D eigenvalue weighted by atomic mass is 16.5. The van der Waals surface area contributed by atoms with E-state index in [1.54, 1.807) is 7.11 Å². The lowest BCUT2D eigenvalue weighted by Gasteiger charge is -2.27. The van der Waals surface area contributed by atoms with Crippen LogP contribution in [0.3, 0.4) is 0 Å². The molecule has 1 N–H and O–H groups in total. The summed E-state index contributed by atoms with van der Waals surface area (Å²) >= 11 is 0. The second-order valence-electron chi connectivity index (χ2n) is 6.03. The van der Waals surface area contributed by atoms with Gasteiger partial charge in [0.25, 0.3) is 0 Å². The van der Waals surface area contributed by atoms with Crippen LogP contribution in [0.15, 0.2) is 4.52 Å². The van der Waals surface area contributed by atoms with E-state index in [1.807, 2.05) is 6.92 Å². The Labute approximate surface area is 124 Å². The second-order valence-corrected chi connectivity index (χ2v) is 6.03. The zero-order chi connectivity index (χ0) is 15.3. The zero-order valence-electron chi connectivity index (χ0n) is 12.8. The molecule has 1 aromatic rings. The van der Waals surface area contributed by atoms with E-state index < -0.39 is 11.6 Å². The van der Waals surface area contributed by atoms with Gasteiger partial charge in [-0.25, -0.2) is 0 Å². The molecule has 1 heterocycles. The van der Waals surface area contributed by atoms with Gasteiger partial charge >= 0.3 is 5.97 Å². The van der Waals surface area contributed by atoms with Crippen LogP contribution in [-0.4, -0.2) is 28.3 Å². The van der Waals surface area contributed by atoms with Crippen LogP contribution in [0.4, 0.5) is 0 Å². The number of carbonyl (C=O) groups is 1. The Hall–Kier alpha value is -1.43. The van der Waals surface area contributed by atoms with E-state index in [1.165, 1.54) is 12.8 Å². The van der Waals surface area contributed by atoms with Crippen LogP contribution in [0, 0.1) is 5.92 Å². The van der Waals surface area contributed by atoms with E-state index in [0.717, 1.165) is 25.7 Å². The van der Waals surface area contributed by atoms with Crippen molar-refractivity contribution < 1.29 is 19.2 Å². The molecule has 1 atom stereocenters. The highest BCUT2D eigenvalue weighted by Gasteiger charge is 2.37. The summed E-state index contributed by atoms with van der Waals surface area (Å²) in [6.45, 7) is 1.87. The number of aliphatic carboxylic acids is 1. The standard InChI is InChI=1S/C15H24N2O4/c1-11(10-13(18)19)9-12-16-14(17-21-12)15(20-2)7-5-3-4-6-8-15/h11H,3-10H2,1-2H3,(H,18,19). The lowest BCUT2D eigenvalue weighted by molar-refractivity contribution is -0.137. The molecule has 0 radical (unpaired) electrons. The van der Waals surface area contributed by atoms with Gasteiger partial charge in [-0.15, -0.1) is 0 Å². The Morgan fingerprint density at radius 1 is 1.38 bits per heavy atom. The minimum Gasteiger partial charge on any atom is -0.481 e. The number of rotatable bonds is 6. The summed E-state index contributed by atoms with van der Waals surface area (Å²) in [5.41, 5.74) is -0.436. The first kappa shape index (κ1) is 15.9. The molecule has 6 nitrogen and oxygen atoms in total. The maximum atomic E-state index is 10.7. The largest absolute Gasteiger partial charge is 0.481 e. The molecule has 0 aromatic carbocycles. The minimum absolute atomic E-state index is 0.0246. The molecule has 1 unspecified atom stereocenters. The van der Waals surface area contributed by atoms with Crippen LogP contribution in [0.2, 0.25) is 0 Å². The maximum absolute atomic E-state index is 10.7. The molecule has 0 aliphatic heterocycles. The third-order valence-electron chi connectivity index (χ3n) is 4.22. The quantitative estimate of drug-likeness (QED) is 0.812. The van der Waals surface area contributed by atoms with E-state index in [0.29, 0.717) is 18.1 Å². The van der Waals surface area contributed by atoms with Crippen LogP contribution < -0.4 is 0 Å². The summed E-state index contributed by atoms with van der Waals surface area (Å²) in [6.07, 6.45) is 7.05. The number of ether oxygens (including phenoxy) is 1. The van der Waals surface area contributed by atoms with Gasteiger partial charge in [0.05, 0.1) is 0 Å². The van der Waals surface area contributed by atoms with Crippen molar-refractivity contribution in [1.82, 2.24) is 10.1 Å². The first-order chi connectivity index (χ1) is 10.1. The summed E-state index contributed by atoms with van der Waals surface area (Å²) in [7, 11) is 1.70. The molecular weight excluding hydrogens is 272 g/mol. The summed E-state index contributed by atoms with van der Waals surface area (Å²) in [5, 5.41) is 12.9. The number of hydrogen-bond acceptors (Lipinski definition) is 5. The fourth-order valence-electron chi connectivity index (χ4n) is 3.01. The number of carboxylic acid groups (broad SMARTS) is 1. The molecule has 6 heteroatoms. The van der Waals surface area contributed by atoms with E-state index >= 15 is 0 Å². The monoisotopic (exact) mass is 296 g/mol. The lowest BCUT2D eigenvalue weighted by Crippen LogP contribution is -2.29. The average molecular weight is 296 g/mol. The van der Waals surface area contributed by atoms with E-state index in [4.69, 9.17) is 14.4 Å². The van der Waals surface area contributed by atoms with Gasteiger partial charge in [0, 0.05) is 20.0 Å². The minimum atomic E-state index is -0.806. The number of carboxylic acids is 1. The van der Waals surface area contributed by atoms with E-state index in [-0.39, 0.29) is 12.3 Å². The van der Waals surface area contributed by atoms with Gasteiger partial charge in [-0.1, -0.05) is 37.8 Å². The van der Waals surface area contributed by atoms with Crippen LogP contribution >= 0.6 is 0 Å². The molecule has 21 heavy (non-hydrogen) atoms. The Morgan fingerprint density at radius 2 is 2.05 bits per heavy atom. The zero-order valence-corrected chi connectivity index (χ0v) is 12.8. The first-order valence-electron chi connectivity index (χ1n) is 7.66. The summed E-state index contributed by atoms with van der Waals surface area (Å²) in [6, 6.07) is 0. The van der Waals surface area contributed by atoms with Crippen molar-refractivity contribution in [2.45, 2.75) is 63.9 Å². The van der Waals surface area contributed by atoms with Crippen molar-refractivity contribution in [1.29, 1.82) is 0 Å². The van der Waals surface area contributed by atoms with Gasteiger partial charge in [-0.05, 0) is 18.8 Å². The van der Waals surface area contributed by atoms with E-state index in [2.05, 4.69) is 10.1 Å². The lowest BCUT2D eigenvalue weighted by atomic mass is 9.93. The predicted molar refractivity (Wildman–Crippen MR) is 75.8 cm³/mol. The van der Waals surface area contributed by atoms with Crippen LogP contribution in [-0.2, 0) is 21.6 Å². The summed E-state index contributed by atoms with van der Waals surface area (Å²) in [5.74, 6) is 0.284. The van der Waals surface area contributed by atoms with Gasteiger partial charge in [-0.3, -0.25) is 4.79 Å². The molecule has 0 bridgehead atoms. The topological polar surface area (TPSA) is 85.5 Å². The smallest absolute Gasteiger partial charge is 0.303 e. The highest BCUT2D eigenvalue weighted by Crippen LogP contribution is 2.37. The van der Waals surface area contributed by atoms with Gasteiger partial charge in [0.2, 0.25) is 11.7 Å². The van der Waals surface area contributed by atoms with Crippen LogP contribution in [0.1, 0.15) is 63.6 Å². The highest BCUT2D eigenvalue weighted by molar-refractivity contribution is 5.66. The van der Waals surface area contributed by atoms with Gasteiger partial charge in [-0.2, -0.15) is 4.98 Å². The maximum Gasteiger partial charge on any atom is 0.303 e. The molecule has 1 saturated carbocycles. The van der Waals surface area contributed by atoms with Crippen LogP contribution in [0.5, 0.6) is 0 Å². The molecule has 1 aromatic heterocycles. The molecule has 0 saturated heterocycles. The number of methoxy groups -OCH3 is 1. The third-order valence-corrected chi connectivity index (χ3v) is 4.22. The molecule has 118 valence electrons. The molecule has 2 rings (SSSR count).